The molecule has 1 aliphatic rings. The normalized spacial score (nSPS) is 29.5. The smallest absolute Gasteiger partial charge is 0.0250 e. The van der Waals surface area contributed by atoms with Crippen LogP contribution in [0.3, 0.4) is 0 Å². The predicted octanol–water partition coefficient (Wildman–Crippen LogP) is 2.63. The molecule has 1 aromatic rings. The molecule has 1 fully saturated rings. The molecule has 0 saturated heterocycles. The first-order valence-electron chi connectivity index (χ1n) is 6.66. The Bertz CT molecular complexity index is 336. The number of hydrogen-bond acceptors (Lipinski definition) is 2. The van der Waals surface area contributed by atoms with E-state index in [9.17, 15) is 0 Å². The maximum absolute atomic E-state index is 6.25. The molecular weight excluding hydrogens is 208 g/mol. The number of likely N-dealkylation sites (N-methyl/N-ethyl adjacent to an activating group) is 1. The van der Waals surface area contributed by atoms with Crippen molar-refractivity contribution in [3.8, 4) is 0 Å². The van der Waals surface area contributed by atoms with E-state index in [-0.39, 0.29) is 0 Å². The Morgan fingerprint density at radius 2 is 1.94 bits per heavy atom. The summed E-state index contributed by atoms with van der Waals surface area (Å²) >= 11 is 0. The van der Waals surface area contributed by atoms with Crippen molar-refractivity contribution in [2.75, 3.05) is 7.05 Å². The van der Waals surface area contributed by atoms with Crippen LogP contribution in [0.15, 0.2) is 30.3 Å². The second-order valence-electron chi connectivity index (χ2n) is 5.55. The fraction of sp³-hybridized carbons (Fsp3) is 0.600. The van der Waals surface area contributed by atoms with Gasteiger partial charge in [-0.2, -0.15) is 0 Å². The van der Waals surface area contributed by atoms with Crippen LogP contribution >= 0.6 is 0 Å². The molecule has 0 amide bonds. The van der Waals surface area contributed by atoms with E-state index in [4.69, 9.17) is 5.73 Å². The highest BCUT2D eigenvalue weighted by molar-refractivity contribution is 5.14. The first-order chi connectivity index (χ1) is 8.16. The molecule has 0 spiro atoms. The molecule has 2 N–H and O–H groups in total. The molecule has 3 atom stereocenters. The molecule has 1 aliphatic carbocycles. The van der Waals surface area contributed by atoms with Gasteiger partial charge in [0, 0.05) is 18.6 Å². The van der Waals surface area contributed by atoms with Gasteiger partial charge >= 0.3 is 0 Å². The summed E-state index contributed by atoms with van der Waals surface area (Å²) in [6.45, 7) is 3.35. The van der Waals surface area contributed by atoms with Crippen LogP contribution in [-0.2, 0) is 6.54 Å². The minimum atomic E-state index is 0.347. The SMILES string of the molecule is CC1CCC(N)C(N(C)Cc2ccccc2)C1. The van der Waals surface area contributed by atoms with Crippen LogP contribution in [-0.4, -0.2) is 24.0 Å². The van der Waals surface area contributed by atoms with Crippen LogP contribution in [0.4, 0.5) is 0 Å². The summed E-state index contributed by atoms with van der Waals surface area (Å²) in [7, 11) is 2.20. The van der Waals surface area contributed by atoms with Gasteiger partial charge in [0.15, 0.2) is 0 Å². The van der Waals surface area contributed by atoms with Gasteiger partial charge in [-0.1, -0.05) is 37.3 Å². The van der Waals surface area contributed by atoms with Gasteiger partial charge in [-0.3, -0.25) is 4.90 Å². The number of nitrogens with zero attached hydrogens (tertiary/aromatic N) is 1. The molecular formula is C15H24N2. The van der Waals surface area contributed by atoms with E-state index in [1.165, 1.54) is 24.8 Å². The highest BCUT2D eigenvalue weighted by Gasteiger charge is 2.28. The lowest BCUT2D eigenvalue weighted by atomic mass is 9.83. The topological polar surface area (TPSA) is 29.3 Å². The van der Waals surface area contributed by atoms with Gasteiger partial charge in [0.05, 0.1) is 0 Å². The van der Waals surface area contributed by atoms with E-state index in [0.717, 1.165) is 12.5 Å². The fourth-order valence-corrected chi connectivity index (χ4v) is 2.87. The average Bonchev–Trinajstić information content (AvgIpc) is 2.33. The highest BCUT2D eigenvalue weighted by Crippen LogP contribution is 2.26. The van der Waals surface area contributed by atoms with Crippen LogP contribution in [0.1, 0.15) is 31.7 Å². The summed E-state index contributed by atoms with van der Waals surface area (Å²) in [6.07, 6.45) is 3.70. The molecule has 1 aromatic carbocycles. The molecule has 0 radical (unpaired) electrons. The van der Waals surface area contributed by atoms with Crippen molar-refractivity contribution in [1.29, 1.82) is 0 Å². The zero-order chi connectivity index (χ0) is 12.3. The maximum Gasteiger partial charge on any atom is 0.0250 e. The van der Waals surface area contributed by atoms with Crippen molar-refractivity contribution >= 4 is 0 Å². The molecule has 2 rings (SSSR count). The summed E-state index contributed by atoms with van der Waals surface area (Å²) in [6, 6.07) is 11.5. The molecule has 94 valence electrons. The fourth-order valence-electron chi connectivity index (χ4n) is 2.87. The van der Waals surface area contributed by atoms with Crippen LogP contribution in [0.2, 0.25) is 0 Å². The summed E-state index contributed by atoms with van der Waals surface area (Å²) in [4.78, 5) is 2.43. The Balaban J connectivity index is 1.97. The van der Waals surface area contributed by atoms with Gasteiger partial charge in [-0.15, -0.1) is 0 Å². The average molecular weight is 232 g/mol. The molecule has 2 nitrogen and oxygen atoms in total. The van der Waals surface area contributed by atoms with Gasteiger partial charge in [0.1, 0.15) is 0 Å². The monoisotopic (exact) mass is 232 g/mol. The van der Waals surface area contributed by atoms with E-state index in [0.29, 0.717) is 12.1 Å². The van der Waals surface area contributed by atoms with Crippen LogP contribution < -0.4 is 5.73 Å². The quantitative estimate of drug-likeness (QED) is 0.868. The summed E-state index contributed by atoms with van der Waals surface area (Å²) in [5.41, 5.74) is 7.63. The lowest BCUT2D eigenvalue weighted by molar-refractivity contribution is 0.136. The molecule has 0 aromatic heterocycles. The third-order valence-electron chi connectivity index (χ3n) is 3.97. The van der Waals surface area contributed by atoms with Crippen LogP contribution in [0.5, 0.6) is 0 Å². The van der Waals surface area contributed by atoms with E-state index in [2.05, 4.69) is 49.2 Å². The van der Waals surface area contributed by atoms with Crippen molar-refractivity contribution in [3.05, 3.63) is 35.9 Å². The Kier molecular flexibility index (Phi) is 4.19. The Hall–Kier alpha value is -0.860. The first kappa shape index (κ1) is 12.6. The zero-order valence-electron chi connectivity index (χ0n) is 11.0. The first-order valence-corrected chi connectivity index (χ1v) is 6.66. The number of benzene rings is 1. The third-order valence-corrected chi connectivity index (χ3v) is 3.97. The second-order valence-corrected chi connectivity index (χ2v) is 5.55. The number of nitrogens with two attached hydrogens (primary N) is 1. The van der Waals surface area contributed by atoms with E-state index in [1.54, 1.807) is 0 Å². The van der Waals surface area contributed by atoms with Gasteiger partial charge in [-0.25, -0.2) is 0 Å². The maximum atomic E-state index is 6.25. The molecule has 0 bridgehead atoms. The number of rotatable bonds is 3. The summed E-state index contributed by atoms with van der Waals surface area (Å²) < 4.78 is 0. The molecule has 0 heterocycles. The summed E-state index contributed by atoms with van der Waals surface area (Å²) in [5, 5.41) is 0. The minimum Gasteiger partial charge on any atom is -0.326 e. The lowest BCUT2D eigenvalue weighted by Gasteiger charge is -2.38. The molecule has 1 saturated carbocycles. The summed E-state index contributed by atoms with van der Waals surface area (Å²) in [5.74, 6) is 0.818. The Morgan fingerprint density at radius 1 is 1.24 bits per heavy atom. The van der Waals surface area contributed by atoms with Crippen LogP contribution in [0, 0.1) is 5.92 Å². The van der Waals surface area contributed by atoms with Gasteiger partial charge in [0.2, 0.25) is 0 Å². The third kappa shape index (κ3) is 3.30. The van der Waals surface area contributed by atoms with Gasteiger partial charge < -0.3 is 5.73 Å². The van der Waals surface area contributed by atoms with Crippen molar-refractivity contribution in [3.63, 3.8) is 0 Å². The van der Waals surface area contributed by atoms with Crippen molar-refractivity contribution in [1.82, 2.24) is 4.90 Å². The Labute approximate surface area is 105 Å². The lowest BCUT2D eigenvalue weighted by Crippen LogP contribution is -2.49. The molecule has 2 heteroatoms. The van der Waals surface area contributed by atoms with Crippen molar-refractivity contribution in [2.24, 2.45) is 11.7 Å². The molecule has 3 unspecified atom stereocenters. The molecule has 0 aliphatic heterocycles. The van der Waals surface area contributed by atoms with E-state index in [1.807, 2.05) is 0 Å². The van der Waals surface area contributed by atoms with E-state index >= 15 is 0 Å². The predicted molar refractivity (Wildman–Crippen MR) is 72.7 cm³/mol. The van der Waals surface area contributed by atoms with Gasteiger partial charge in [-0.05, 0) is 37.8 Å². The Morgan fingerprint density at radius 3 is 2.65 bits per heavy atom. The standard InChI is InChI=1S/C15H24N2/c1-12-8-9-14(16)15(10-12)17(2)11-13-6-4-3-5-7-13/h3-7,12,14-15H,8-11,16H2,1-2H3. The molecule has 17 heavy (non-hydrogen) atoms. The number of hydrogen-bond donors (Lipinski definition) is 1. The van der Waals surface area contributed by atoms with Crippen molar-refractivity contribution in [2.45, 2.75) is 44.8 Å². The van der Waals surface area contributed by atoms with E-state index < -0.39 is 0 Å². The highest BCUT2D eigenvalue weighted by atomic mass is 15.1. The largest absolute Gasteiger partial charge is 0.326 e. The second kappa shape index (κ2) is 5.65. The van der Waals surface area contributed by atoms with Crippen LogP contribution in [0.25, 0.3) is 0 Å². The van der Waals surface area contributed by atoms with Gasteiger partial charge in [0.25, 0.3) is 0 Å². The zero-order valence-corrected chi connectivity index (χ0v) is 11.0. The minimum absolute atomic E-state index is 0.347. The van der Waals surface area contributed by atoms with Crippen molar-refractivity contribution < 1.29 is 0 Å².